The second kappa shape index (κ2) is 8.52. The third kappa shape index (κ3) is 5.10. The number of likely N-dealkylation sites (N-methyl/N-ethyl adjacent to an activating group) is 1. The molecule has 0 saturated heterocycles. The van der Waals surface area contributed by atoms with Crippen molar-refractivity contribution in [3.63, 3.8) is 0 Å². The normalized spacial score (nSPS) is 16.2. The first-order chi connectivity index (χ1) is 9.95. The zero-order valence-corrected chi connectivity index (χ0v) is 14.3. The summed E-state index contributed by atoms with van der Waals surface area (Å²) < 4.78 is 0. The van der Waals surface area contributed by atoms with Crippen LogP contribution in [0.4, 0.5) is 0 Å². The van der Waals surface area contributed by atoms with Crippen molar-refractivity contribution in [3.05, 3.63) is 35.9 Å². The molecule has 0 bridgehead atoms. The molecule has 0 heterocycles. The molecule has 2 unspecified atom stereocenters. The predicted octanol–water partition coefficient (Wildman–Crippen LogP) is 2.99. The van der Waals surface area contributed by atoms with E-state index in [-0.39, 0.29) is 6.61 Å². The minimum Gasteiger partial charge on any atom is -0.394 e. The van der Waals surface area contributed by atoms with Crippen molar-refractivity contribution < 1.29 is 5.11 Å². The minimum atomic E-state index is -0.411. The molecule has 1 aromatic rings. The Morgan fingerprint density at radius 2 is 1.81 bits per heavy atom. The Bertz CT molecular complexity index is 393. The Labute approximate surface area is 130 Å². The molecule has 0 aliphatic heterocycles. The van der Waals surface area contributed by atoms with E-state index >= 15 is 0 Å². The molecule has 1 rings (SSSR count). The van der Waals surface area contributed by atoms with Crippen molar-refractivity contribution in [1.29, 1.82) is 0 Å². The maximum absolute atomic E-state index is 10.2. The average molecular weight is 292 g/mol. The maximum atomic E-state index is 10.2. The fourth-order valence-electron chi connectivity index (χ4n) is 2.94. The molecule has 0 aromatic heterocycles. The lowest BCUT2D eigenvalue weighted by atomic mass is 9.88. The number of nitrogens with one attached hydrogen (secondary N) is 1. The van der Waals surface area contributed by atoms with E-state index in [2.05, 4.69) is 57.1 Å². The molecule has 2 N–H and O–H groups in total. The van der Waals surface area contributed by atoms with Crippen LogP contribution in [0.5, 0.6) is 0 Å². The van der Waals surface area contributed by atoms with Crippen LogP contribution in [0.2, 0.25) is 0 Å². The summed E-state index contributed by atoms with van der Waals surface area (Å²) in [7, 11) is 2.15. The van der Waals surface area contributed by atoms with Crippen molar-refractivity contribution in [2.24, 2.45) is 0 Å². The van der Waals surface area contributed by atoms with E-state index in [9.17, 15) is 5.11 Å². The molecule has 0 spiro atoms. The highest BCUT2D eigenvalue weighted by atomic mass is 16.3. The van der Waals surface area contributed by atoms with Gasteiger partial charge in [0.1, 0.15) is 0 Å². The van der Waals surface area contributed by atoms with Gasteiger partial charge in [0.05, 0.1) is 12.1 Å². The average Bonchev–Trinajstić information content (AvgIpc) is 2.47. The van der Waals surface area contributed by atoms with Crippen molar-refractivity contribution in [2.75, 3.05) is 20.2 Å². The molecule has 3 heteroatoms. The van der Waals surface area contributed by atoms with Crippen LogP contribution in [0.3, 0.4) is 0 Å². The van der Waals surface area contributed by atoms with Crippen LogP contribution in [0.15, 0.2) is 30.3 Å². The number of nitrogens with zero attached hydrogens (tertiary/aromatic N) is 1. The van der Waals surface area contributed by atoms with Crippen molar-refractivity contribution in [2.45, 2.75) is 58.2 Å². The van der Waals surface area contributed by atoms with Gasteiger partial charge in [0.15, 0.2) is 0 Å². The molecular formula is C18H32N2O. The van der Waals surface area contributed by atoms with Gasteiger partial charge in [-0.05, 0) is 39.8 Å². The SMILES string of the molecule is CCCC(C)N(C)CC(CO)(NC(C)C)c1ccccc1. The molecule has 0 aliphatic carbocycles. The molecule has 0 fully saturated rings. The summed E-state index contributed by atoms with van der Waals surface area (Å²) in [6.07, 6.45) is 2.36. The Hall–Kier alpha value is -0.900. The smallest absolute Gasteiger partial charge is 0.0799 e. The molecule has 0 aliphatic rings. The number of aliphatic hydroxyl groups is 1. The number of aliphatic hydroxyl groups excluding tert-OH is 1. The summed E-state index contributed by atoms with van der Waals surface area (Å²) >= 11 is 0. The van der Waals surface area contributed by atoms with E-state index in [1.54, 1.807) is 0 Å². The third-order valence-corrected chi connectivity index (χ3v) is 4.14. The van der Waals surface area contributed by atoms with Crippen LogP contribution in [-0.2, 0) is 5.54 Å². The second-order valence-corrected chi connectivity index (χ2v) is 6.46. The second-order valence-electron chi connectivity index (χ2n) is 6.46. The summed E-state index contributed by atoms with van der Waals surface area (Å²) in [6.45, 7) is 9.62. The first kappa shape index (κ1) is 18.1. The van der Waals surface area contributed by atoms with Gasteiger partial charge < -0.3 is 15.3 Å². The van der Waals surface area contributed by atoms with E-state index in [0.29, 0.717) is 12.1 Å². The van der Waals surface area contributed by atoms with Gasteiger partial charge in [-0.3, -0.25) is 0 Å². The molecular weight excluding hydrogens is 260 g/mol. The van der Waals surface area contributed by atoms with E-state index in [1.165, 1.54) is 12.8 Å². The monoisotopic (exact) mass is 292 g/mol. The van der Waals surface area contributed by atoms with Crippen LogP contribution in [0, 0.1) is 0 Å². The number of rotatable bonds is 9. The first-order valence-corrected chi connectivity index (χ1v) is 8.09. The van der Waals surface area contributed by atoms with Crippen molar-refractivity contribution in [3.8, 4) is 0 Å². The lowest BCUT2D eigenvalue weighted by Crippen LogP contribution is -2.56. The fourth-order valence-corrected chi connectivity index (χ4v) is 2.94. The summed E-state index contributed by atoms with van der Waals surface area (Å²) in [6, 6.07) is 11.1. The molecule has 120 valence electrons. The lowest BCUT2D eigenvalue weighted by Gasteiger charge is -2.40. The highest BCUT2D eigenvalue weighted by Gasteiger charge is 2.34. The Morgan fingerprint density at radius 3 is 2.29 bits per heavy atom. The highest BCUT2D eigenvalue weighted by molar-refractivity contribution is 5.25. The quantitative estimate of drug-likeness (QED) is 0.734. The Kier molecular flexibility index (Phi) is 7.36. The fraction of sp³-hybridized carbons (Fsp3) is 0.667. The Morgan fingerprint density at radius 1 is 1.19 bits per heavy atom. The van der Waals surface area contributed by atoms with E-state index in [0.717, 1.165) is 12.1 Å². The molecule has 3 nitrogen and oxygen atoms in total. The Balaban J connectivity index is 3.01. The van der Waals surface area contributed by atoms with Gasteiger partial charge in [0.2, 0.25) is 0 Å². The van der Waals surface area contributed by atoms with Crippen LogP contribution < -0.4 is 5.32 Å². The van der Waals surface area contributed by atoms with Crippen molar-refractivity contribution >= 4 is 0 Å². The third-order valence-electron chi connectivity index (χ3n) is 4.14. The maximum Gasteiger partial charge on any atom is 0.0799 e. The lowest BCUT2D eigenvalue weighted by molar-refractivity contribution is 0.0928. The van der Waals surface area contributed by atoms with Gasteiger partial charge >= 0.3 is 0 Å². The first-order valence-electron chi connectivity index (χ1n) is 8.09. The zero-order chi connectivity index (χ0) is 15.9. The number of hydrogen-bond acceptors (Lipinski definition) is 3. The van der Waals surface area contributed by atoms with Gasteiger partial charge in [-0.1, -0.05) is 43.7 Å². The standard InChI is InChI=1S/C18H32N2O/c1-6-10-16(4)20(5)13-18(14-21,19-15(2)3)17-11-8-7-9-12-17/h7-9,11-12,15-16,19,21H,6,10,13-14H2,1-5H3. The van der Waals surface area contributed by atoms with Gasteiger partial charge in [-0.25, -0.2) is 0 Å². The highest BCUT2D eigenvalue weighted by Crippen LogP contribution is 2.24. The van der Waals surface area contributed by atoms with Crippen molar-refractivity contribution in [1.82, 2.24) is 10.2 Å². The zero-order valence-electron chi connectivity index (χ0n) is 14.3. The summed E-state index contributed by atoms with van der Waals surface area (Å²) in [5.74, 6) is 0. The summed E-state index contributed by atoms with van der Waals surface area (Å²) in [5.41, 5.74) is 0.739. The molecule has 0 amide bonds. The molecule has 2 atom stereocenters. The van der Waals surface area contributed by atoms with Gasteiger partial charge in [-0.2, -0.15) is 0 Å². The van der Waals surface area contributed by atoms with Crippen LogP contribution in [0.1, 0.15) is 46.1 Å². The van der Waals surface area contributed by atoms with Crippen LogP contribution in [0.25, 0.3) is 0 Å². The predicted molar refractivity (Wildman–Crippen MR) is 90.5 cm³/mol. The van der Waals surface area contributed by atoms with Crippen LogP contribution >= 0.6 is 0 Å². The topological polar surface area (TPSA) is 35.5 Å². The summed E-state index contributed by atoms with van der Waals surface area (Å²) in [4.78, 5) is 2.35. The van der Waals surface area contributed by atoms with Crippen LogP contribution in [-0.4, -0.2) is 42.3 Å². The van der Waals surface area contributed by atoms with E-state index in [4.69, 9.17) is 0 Å². The number of hydrogen-bond donors (Lipinski definition) is 2. The van der Waals surface area contributed by atoms with E-state index < -0.39 is 5.54 Å². The molecule has 1 aromatic carbocycles. The van der Waals surface area contributed by atoms with E-state index in [1.807, 2.05) is 18.2 Å². The van der Waals surface area contributed by atoms with Gasteiger partial charge in [0, 0.05) is 18.6 Å². The van der Waals surface area contributed by atoms with Gasteiger partial charge in [-0.15, -0.1) is 0 Å². The summed E-state index contributed by atoms with van der Waals surface area (Å²) in [5, 5.41) is 13.7. The molecule has 21 heavy (non-hydrogen) atoms. The number of benzene rings is 1. The largest absolute Gasteiger partial charge is 0.394 e. The molecule has 0 radical (unpaired) electrons. The minimum absolute atomic E-state index is 0.0956. The molecule has 0 saturated carbocycles. The van der Waals surface area contributed by atoms with Gasteiger partial charge in [0.25, 0.3) is 0 Å².